The van der Waals surface area contributed by atoms with Crippen LogP contribution in [-0.4, -0.2) is 7.11 Å². The van der Waals surface area contributed by atoms with Gasteiger partial charge in [-0.2, -0.15) is 0 Å². The van der Waals surface area contributed by atoms with Crippen LogP contribution < -0.4 is 34.5 Å². The Morgan fingerprint density at radius 1 is 1.83 bits per heavy atom. The first kappa shape index (κ1) is 10.2. The maximum atomic E-state index is 9.22. The molecule has 5 heteroatoms. The van der Waals surface area contributed by atoms with E-state index in [0.29, 0.717) is 0 Å². The molecule has 0 rings (SSSR count). The standard InChI is InChI=1S/CH5O3P.Na/c1-4-5(2)3;/h5H,1H3,(H,2,3);/q;+1/p-1. The molecule has 0 N–H and O–H groups in total. The monoisotopic (exact) mass is 118 g/mol. The maximum absolute atomic E-state index is 9.22. The SMILES string of the molecule is CO[PH](=O)[O-].[Na+]. The van der Waals surface area contributed by atoms with E-state index in [2.05, 4.69) is 4.52 Å². The molecule has 0 aliphatic heterocycles. The van der Waals surface area contributed by atoms with Crippen molar-refractivity contribution in [2.75, 3.05) is 7.11 Å². The van der Waals surface area contributed by atoms with Crippen molar-refractivity contribution in [1.29, 1.82) is 0 Å². The van der Waals surface area contributed by atoms with Crippen molar-refractivity contribution in [1.82, 2.24) is 0 Å². The normalized spacial score (nSPS) is 12.3. The Morgan fingerprint density at radius 2 is 2.00 bits per heavy atom. The van der Waals surface area contributed by atoms with Gasteiger partial charge in [0.1, 0.15) is 8.25 Å². The first-order valence-electron chi connectivity index (χ1n) is 1.02. The summed E-state index contributed by atoms with van der Waals surface area (Å²) in [4.78, 5) is 9.22. The van der Waals surface area contributed by atoms with Crippen LogP contribution in [0.2, 0.25) is 0 Å². The molecule has 0 amide bonds. The Morgan fingerprint density at radius 3 is 2.00 bits per heavy atom. The van der Waals surface area contributed by atoms with E-state index >= 15 is 0 Å². The van der Waals surface area contributed by atoms with Crippen LogP contribution in [0.25, 0.3) is 0 Å². The molecule has 3 nitrogen and oxygen atoms in total. The van der Waals surface area contributed by atoms with Crippen LogP contribution in [0.4, 0.5) is 0 Å². The van der Waals surface area contributed by atoms with E-state index in [1.807, 2.05) is 0 Å². The summed E-state index contributed by atoms with van der Waals surface area (Å²) < 4.78 is 13.0. The minimum absolute atomic E-state index is 0. The third-order valence-electron chi connectivity index (χ3n) is 0.167. The second-order valence-electron chi connectivity index (χ2n) is 0.454. The fourth-order valence-corrected chi connectivity index (χ4v) is 0. The fourth-order valence-electron chi connectivity index (χ4n) is 0. The maximum Gasteiger partial charge on any atom is 1.00 e. The third-order valence-corrected chi connectivity index (χ3v) is 0.500. The molecule has 0 aromatic heterocycles. The Bertz CT molecular complexity index is 46.1. The molecule has 0 radical (unpaired) electrons. The van der Waals surface area contributed by atoms with Crippen LogP contribution in [0.1, 0.15) is 0 Å². The van der Waals surface area contributed by atoms with E-state index in [4.69, 9.17) is 0 Å². The zero-order chi connectivity index (χ0) is 4.28. The van der Waals surface area contributed by atoms with Crippen LogP contribution in [0.5, 0.6) is 0 Å². The van der Waals surface area contributed by atoms with Crippen molar-refractivity contribution in [3.05, 3.63) is 0 Å². The van der Waals surface area contributed by atoms with Gasteiger partial charge in [-0.3, -0.25) is 0 Å². The molecular formula is CH4NaO3P. The van der Waals surface area contributed by atoms with Gasteiger partial charge in [0.15, 0.2) is 0 Å². The van der Waals surface area contributed by atoms with Crippen LogP contribution in [-0.2, 0) is 9.09 Å². The van der Waals surface area contributed by atoms with Gasteiger partial charge in [-0.1, -0.05) is 0 Å². The number of rotatable bonds is 1. The fraction of sp³-hybridized carbons (Fsp3) is 1.00. The predicted octanol–water partition coefficient (Wildman–Crippen LogP) is -3.61. The molecule has 0 bridgehead atoms. The van der Waals surface area contributed by atoms with Gasteiger partial charge in [-0.15, -0.1) is 0 Å². The van der Waals surface area contributed by atoms with E-state index in [1.54, 1.807) is 0 Å². The number of hydrogen-bond acceptors (Lipinski definition) is 3. The van der Waals surface area contributed by atoms with E-state index in [-0.39, 0.29) is 29.6 Å². The first-order chi connectivity index (χ1) is 2.27. The largest absolute Gasteiger partial charge is 1.00 e. The topological polar surface area (TPSA) is 49.4 Å². The molecule has 0 fully saturated rings. The van der Waals surface area contributed by atoms with Crippen molar-refractivity contribution in [2.45, 2.75) is 0 Å². The van der Waals surface area contributed by atoms with Gasteiger partial charge in [0.25, 0.3) is 0 Å². The van der Waals surface area contributed by atoms with Crippen LogP contribution in [0.15, 0.2) is 0 Å². The molecule has 1 atom stereocenters. The summed E-state index contributed by atoms with van der Waals surface area (Å²) in [5.74, 6) is 0. The van der Waals surface area contributed by atoms with Gasteiger partial charge in [0.05, 0.1) is 0 Å². The zero-order valence-electron chi connectivity index (χ0n) is 3.72. The average Bonchev–Trinajstić information content (AvgIpc) is 1.38. The molecule has 0 aromatic carbocycles. The van der Waals surface area contributed by atoms with Crippen molar-refractivity contribution in [3.8, 4) is 0 Å². The van der Waals surface area contributed by atoms with Crippen LogP contribution in [0, 0.1) is 0 Å². The summed E-state index contributed by atoms with van der Waals surface area (Å²) in [6, 6.07) is 0. The second kappa shape index (κ2) is 6.15. The summed E-state index contributed by atoms with van der Waals surface area (Å²) in [6.07, 6.45) is 0. The summed E-state index contributed by atoms with van der Waals surface area (Å²) in [7, 11) is -1.75. The van der Waals surface area contributed by atoms with Crippen LogP contribution in [0.3, 0.4) is 0 Å². The van der Waals surface area contributed by atoms with E-state index in [9.17, 15) is 9.46 Å². The predicted molar refractivity (Wildman–Crippen MR) is 16.0 cm³/mol. The third kappa shape index (κ3) is 8.94. The van der Waals surface area contributed by atoms with Gasteiger partial charge >= 0.3 is 29.6 Å². The Hall–Kier alpha value is 1.15. The van der Waals surface area contributed by atoms with Gasteiger partial charge in [0.2, 0.25) is 0 Å². The number of hydrogen-bond donors (Lipinski definition) is 0. The summed E-state index contributed by atoms with van der Waals surface area (Å²) in [6.45, 7) is 0. The van der Waals surface area contributed by atoms with Gasteiger partial charge in [0, 0.05) is 7.11 Å². The molecule has 0 saturated heterocycles. The molecule has 0 aromatic rings. The summed E-state index contributed by atoms with van der Waals surface area (Å²) in [5, 5.41) is 0. The molecule has 0 aliphatic rings. The molecular weight excluding hydrogens is 114 g/mol. The molecule has 1 unspecified atom stereocenters. The Balaban J connectivity index is 0. The van der Waals surface area contributed by atoms with Crippen molar-refractivity contribution < 1.29 is 43.5 Å². The first-order valence-corrected chi connectivity index (χ1v) is 2.25. The Labute approximate surface area is 58.9 Å². The molecule has 6 heavy (non-hydrogen) atoms. The van der Waals surface area contributed by atoms with Gasteiger partial charge in [-0.25, -0.2) is 0 Å². The molecule has 0 saturated carbocycles. The zero-order valence-corrected chi connectivity index (χ0v) is 6.72. The van der Waals surface area contributed by atoms with E-state index < -0.39 is 8.25 Å². The summed E-state index contributed by atoms with van der Waals surface area (Å²) >= 11 is 0. The molecule has 0 spiro atoms. The van der Waals surface area contributed by atoms with Crippen molar-refractivity contribution in [2.24, 2.45) is 0 Å². The quantitative estimate of drug-likeness (QED) is 0.264. The molecule has 0 aliphatic carbocycles. The average molecular weight is 118 g/mol. The molecule has 32 valence electrons. The van der Waals surface area contributed by atoms with Crippen molar-refractivity contribution in [3.63, 3.8) is 0 Å². The second-order valence-corrected chi connectivity index (χ2v) is 1.36. The van der Waals surface area contributed by atoms with Crippen molar-refractivity contribution >= 4 is 8.25 Å². The summed E-state index contributed by atoms with van der Waals surface area (Å²) in [5.41, 5.74) is 0. The van der Waals surface area contributed by atoms with Gasteiger partial charge < -0.3 is 14.0 Å². The van der Waals surface area contributed by atoms with Crippen LogP contribution >= 0.6 is 8.25 Å². The smallest absolute Gasteiger partial charge is 0.781 e. The van der Waals surface area contributed by atoms with Gasteiger partial charge in [-0.05, 0) is 0 Å². The minimum Gasteiger partial charge on any atom is -0.781 e. The van der Waals surface area contributed by atoms with E-state index in [0.717, 1.165) is 7.11 Å². The Kier molecular flexibility index (Phi) is 10.5. The minimum atomic E-state index is -2.87. The molecule has 0 heterocycles. The van der Waals surface area contributed by atoms with E-state index in [1.165, 1.54) is 0 Å².